The summed E-state index contributed by atoms with van der Waals surface area (Å²) in [5.41, 5.74) is 6.96. The molecule has 3 aromatic carbocycles. The largest absolute Gasteiger partial charge is 0.390 e. The van der Waals surface area contributed by atoms with Crippen LogP contribution in [0.2, 0.25) is 5.02 Å². The van der Waals surface area contributed by atoms with Gasteiger partial charge in [0.1, 0.15) is 12.3 Å². The molecule has 4 nitrogen and oxygen atoms in total. The van der Waals surface area contributed by atoms with Crippen LogP contribution in [0.3, 0.4) is 0 Å². The molecule has 3 aromatic rings. The monoisotopic (exact) mass is 400 g/mol. The van der Waals surface area contributed by atoms with Gasteiger partial charge in [0.05, 0.1) is 11.3 Å². The molecule has 29 heavy (non-hydrogen) atoms. The summed E-state index contributed by atoms with van der Waals surface area (Å²) in [7, 11) is 0. The first kappa shape index (κ1) is 17.7. The van der Waals surface area contributed by atoms with Crippen molar-refractivity contribution in [3.8, 4) is 0 Å². The quantitative estimate of drug-likeness (QED) is 0.484. The van der Waals surface area contributed by atoms with Crippen molar-refractivity contribution in [2.45, 2.75) is 13.0 Å². The fraction of sp³-hybridized carbons (Fsp3) is 0.0833. The van der Waals surface area contributed by atoms with E-state index in [1.807, 2.05) is 54.6 Å². The van der Waals surface area contributed by atoms with E-state index in [4.69, 9.17) is 16.4 Å². The van der Waals surface area contributed by atoms with Gasteiger partial charge >= 0.3 is 0 Å². The summed E-state index contributed by atoms with van der Waals surface area (Å²) in [5.74, 6) is -0.138. The highest BCUT2D eigenvalue weighted by atomic mass is 35.5. The predicted octanol–water partition coefficient (Wildman–Crippen LogP) is 5.22. The average Bonchev–Trinajstić information content (AvgIpc) is 3.25. The zero-order valence-corrected chi connectivity index (χ0v) is 16.2. The minimum Gasteiger partial charge on any atom is -0.390 e. The van der Waals surface area contributed by atoms with Crippen LogP contribution in [-0.2, 0) is 22.7 Å². The van der Waals surface area contributed by atoms with Crippen LogP contribution in [0.4, 0.5) is 5.69 Å². The number of fused-ring (bicyclic) bond motifs is 2. The number of oxime groups is 1. The van der Waals surface area contributed by atoms with E-state index in [9.17, 15) is 4.79 Å². The van der Waals surface area contributed by atoms with Gasteiger partial charge in [0.25, 0.3) is 5.91 Å². The molecule has 5 heteroatoms. The molecule has 0 saturated carbocycles. The molecule has 0 saturated heterocycles. The Labute approximate surface area is 173 Å². The Morgan fingerprint density at radius 3 is 2.62 bits per heavy atom. The number of halogens is 1. The Bertz CT molecular complexity index is 1180. The van der Waals surface area contributed by atoms with E-state index in [1.54, 1.807) is 12.1 Å². The first-order valence-electron chi connectivity index (χ1n) is 9.37. The second-order valence-electron chi connectivity index (χ2n) is 7.03. The fourth-order valence-corrected chi connectivity index (χ4v) is 4.02. The van der Waals surface area contributed by atoms with Crippen molar-refractivity contribution in [2.75, 3.05) is 5.32 Å². The van der Waals surface area contributed by atoms with Crippen LogP contribution in [0.1, 0.15) is 22.3 Å². The van der Waals surface area contributed by atoms with Gasteiger partial charge < -0.3 is 10.2 Å². The van der Waals surface area contributed by atoms with Gasteiger partial charge in [0.2, 0.25) is 0 Å². The smallest absolute Gasteiger partial charge is 0.256 e. The third kappa shape index (κ3) is 3.22. The van der Waals surface area contributed by atoms with Crippen molar-refractivity contribution >= 4 is 34.5 Å². The normalized spacial score (nSPS) is 18.5. The first-order valence-corrected chi connectivity index (χ1v) is 9.75. The molecule has 0 aromatic heterocycles. The van der Waals surface area contributed by atoms with E-state index < -0.39 is 0 Å². The van der Waals surface area contributed by atoms with Crippen molar-refractivity contribution in [2.24, 2.45) is 5.16 Å². The predicted molar refractivity (Wildman–Crippen MR) is 115 cm³/mol. The van der Waals surface area contributed by atoms with Gasteiger partial charge in [0.15, 0.2) is 0 Å². The highest BCUT2D eigenvalue weighted by Crippen LogP contribution is 2.40. The Kier molecular flexibility index (Phi) is 4.41. The van der Waals surface area contributed by atoms with Gasteiger partial charge in [-0.15, -0.1) is 0 Å². The van der Waals surface area contributed by atoms with Crippen molar-refractivity contribution in [1.82, 2.24) is 0 Å². The zero-order valence-electron chi connectivity index (χ0n) is 15.5. The van der Waals surface area contributed by atoms with E-state index in [0.717, 1.165) is 33.5 Å². The van der Waals surface area contributed by atoms with Gasteiger partial charge in [-0.25, -0.2) is 0 Å². The third-order valence-electron chi connectivity index (χ3n) is 5.18. The van der Waals surface area contributed by atoms with Crippen LogP contribution in [0.5, 0.6) is 0 Å². The van der Waals surface area contributed by atoms with Crippen LogP contribution in [0.15, 0.2) is 83.5 Å². The molecule has 0 radical (unpaired) electrons. The minimum absolute atomic E-state index is 0.138. The van der Waals surface area contributed by atoms with E-state index in [2.05, 4.69) is 16.5 Å². The summed E-state index contributed by atoms with van der Waals surface area (Å²) in [6.45, 7) is 0.369. The van der Waals surface area contributed by atoms with Gasteiger partial charge in [-0.05, 0) is 28.8 Å². The standard InChI is InChI=1S/C24H17ClN2O2/c25-17-10-11-19-21(13-17)26-24(28)22(19)20-12-16-8-4-5-9-18(16)23(20)27-29-14-15-6-2-1-3-7-15/h1-11,13H,12,14H2,(H,26,28)/b22-20+,27-23+. The van der Waals surface area contributed by atoms with Crippen molar-refractivity contribution in [1.29, 1.82) is 0 Å². The lowest BCUT2D eigenvalue weighted by atomic mass is 9.98. The molecule has 142 valence electrons. The molecule has 0 bridgehead atoms. The number of hydrogen-bond donors (Lipinski definition) is 1. The minimum atomic E-state index is -0.138. The van der Waals surface area contributed by atoms with E-state index in [-0.39, 0.29) is 5.91 Å². The van der Waals surface area contributed by atoms with E-state index in [0.29, 0.717) is 29.3 Å². The molecule has 0 unspecified atom stereocenters. The van der Waals surface area contributed by atoms with Crippen LogP contribution >= 0.6 is 11.6 Å². The number of amides is 1. The summed E-state index contributed by atoms with van der Waals surface area (Å²) in [6, 6.07) is 23.4. The SMILES string of the molecule is O=C1Nc2cc(Cl)ccc2/C1=C1/Cc2ccccc2/C1=N\OCc1ccccc1. The van der Waals surface area contributed by atoms with Crippen molar-refractivity contribution < 1.29 is 9.63 Å². The number of rotatable bonds is 3. The molecule has 1 heterocycles. The molecule has 0 spiro atoms. The Morgan fingerprint density at radius 1 is 0.966 bits per heavy atom. The highest BCUT2D eigenvalue weighted by Gasteiger charge is 2.34. The maximum Gasteiger partial charge on any atom is 0.256 e. The first-order chi connectivity index (χ1) is 14.2. The van der Waals surface area contributed by atoms with Crippen LogP contribution < -0.4 is 5.32 Å². The number of nitrogens with zero attached hydrogens (tertiary/aromatic N) is 1. The van der Waals surface area contributed by atoms with Gasteiger partial charge in [0, 0.05) is 22.6 Å². The summed E-state index contributed by atoms with van der Waals surface area (Å²) >= 11 is 6.10. The van der Waals surface area contributed by atoms with Crippen molar-refractivity contribution in [3.05, 3.63) is 106 Å². The number of carbonyl (C=O) groups excluding carboxylic acids is 1. The number of benzene rings is 3. The number of nitrogens with one attached hydrogen (secondary N) is 1. The summed E-state index contributed by atoms with van der Waals surface area (Å²) in [6.07, 6.45) is 0.633. The number of carbonyl (C=O) groups is 1. The van der Waals surface area contributed by atoms with E-state index in [1.165, 1.54) is 0 Å². The summed E-state index contributed by atoms with van der Waals surface area (Å²) < 4.78 is 0. The number of anilines is 1. The van der Waals surface area contributed by atoms with Crippen LogP contribution in [0, 0.1) is 0 Å². The third-order valence-corrected chi connectivity index (χ3v) is 5.42. The molecule has 1 N–H and O–H groups in total. The Balaban J connectivity index is 1.58. The lowest BCUT2D eigenvalue weighted by molar-refractivity contribution is -0.110. The number of allylic oxidation sites excluding steroid dienone is 1. The zero-order chi connectivity index (χ0) is 19.8. The molecule has 2 aliphatic rings. The summed E-state index contributed by atoms with van der Waals surface area (Å²) in [4.78, 5) is 18.5. The maximum absolute atomic E-state index is 12.8. The lowest BCUT2D eigenvalue weighted by Gasteiger charge is -2.07. The molecule has 5 rings (SSSR count). The second-order valence-corrected chi connectivity index (χ2v) is 7.47. The number of hydrogen-bond acceptors (Lipinski definition) is 3. The van der Waals surface area contributed by atoms with Gasteiger partial charge in [-0.3, -0.25) is 4.79 Å². The molecular formula is C24H17ClN2O2. The molecular weight excluding hydrogens is 384 g/mol. The lowest BCUT2D eigenvalue weighted by Crippen LogP contribution is -2.10. The van der Waals surface area contributed by atoms with Gasteiger partial charge in [-0.2, -0.15) is 0 Å². The van der Waals surface area contributed by atoms with Crippen LogP contribution in [0.25, 0.3) is 5.57 Å². The average molecular weight is 401 g/mol. The fourth-order valence-electron chi connectivity index (χ4n) is 3.84. The molecule has 1 amide bonds. The molecule has 0 atom stereocenters. The Hall–Kier alpha value is -3.37. The van der Waals surface area contributed by atoms with Gasteiger partial charge in [-0.1, -0.05) is 77.4 Å². The summed E-state index contributed by atoms with van der Waals surface area (Å²) in [5, 5.41) is 7.97. The highest BCUT2D eigenvalue weighted by molar-refractivity contribution is 6.39. The second kappa shape index (κ2) is 7.22. The van der Waals surface area contributed by atoms with Crippen molar-refractivity contribution in [3.63, 3.8) is 0 Å². The maximum atomic E-state index is 12.8. The van der Waals surface area contributed by atoms with Crippen LogP contribution in [-0.4, -0.2) is 11.6 Å². The topological polar surface area (TPSA) is 50.7 Å². The van der Waals surface area contributed by atoms with E-state index >= 15 is 0 Å². The Morgan fingerprint density at radius 2 is 1.76 bits per heavy atom. The molecule has 1 aliphatic heterocycles. The molecule has 1 aliphatic carbocycles. The molecule has 0 fully saturated rings.